The van der Waals surface area contributed by atoms with Crippen LogP contribution in [0.1, 0.15) is 53.5 Å². The Hall–Kier alpha value is -3.17. The number of carbonyl (C=O) groups is 1. The van der Waals surface area contributed by atoms with Gasteiger partial charge in [-0.05, 0) is 47.5 Å². The van der Waals surface area contributed by atoms with Gasteiger partial charge in [-0.3, -0.25) is 5.10 Å². The Morgan fingerprint density at radius 3 is 2.61 bits per heavy atom. The number of hydrogen-bond donors (Lipinski definition) is 2. The van der Waals surface area contributed by atoms with Gasteiger partial charge in [-0.1, -0.05) is 0 Å². The molecule has 1 amide bonds. The highest BCUT2D eigenvalue weighted by Gasteiger charge is 2.28. The van der Waals surface area contributed by atoms with Crippen molar-refractivity contribution in [3.8, 4) is 11.4 Å². The van der Waals surface area contributed by atoms with E-state index >= 15 is 0 Å². The molecule has 0 spiro atoms. The molecule has 166 valence electrons. The fourth-order valence-corrected chi connectivity index (χ4v) is 3.62. The van der Waals surface area contributed by atoms with Crippen LogP contribution in [0.5, 0.6) is 0 Å². The number of likely N-dealkylation sites (tertiary alicyclic amines) is 1. The van der Waals surface area contributed by atoms with Gasteiger partial charge in [-0.2, -0.15) is 5.10 Å². The lowest BCUT2D eigenvalue weighted by atomic mass is 10.1. The Morgan fingerprint density at radius 2 is 2.00 bits per heavy atom. The number of H-pyrrole nitrogens is 1. The molecule has 0 aromatic carbocycles. The first kappa shape index (κ1) is 21.1. The molecule has 4 heterocycles. The number of nitrogens with zero attached hydrogens (tertiary/aromatic N) is 6. The third-order valence-corrected chi connectivity index (χ3v) is 5.22. The molecule has 2 N–H and O–H groups in total. The number of amides is 1. The van der Waals surface area contributed by atoms with Gasteiger partial charge < -0.3 is 19.5 Å². The van der Waals surface area contributed by atoms with Gasteiger partial charge in [0.05, 0.1) is 18.1 Å². The van der Waals surface area contributed by atoms with E-state index in [1.54, 1.807) is 23.6 Å². The minimum Gasteiger partial charge on any atom is -0.444 e. The van der Waals surface area contributed by atoms with Crippen LogP contribution in [0.2, 0.25) is 0 Å². The topological polar surface area (TPSA) is 114 Å². The number of fused-ring (bicyclic) bond motifs is 1. The highest BCUT2D eigenvalue weighted by atomic mass is 16.6. The van der Waals surface area contributed by atoms with Crippen molar-refractivity contribution in [2.45, 2.75) is 65.1 Å². The van der Waals surface area contributed by atoms with Crippen LogP contribution < -0.4 is 5.32 Å². The second-order valence-corrected chi connectivity index (χ2v) is 9.19. The average Bonchev–Trinajstić information content (AvgIpc) is 3.37. The first-order chi connectivity index (χ1) is 14.7. The Bertz CT molecular complexity index is 1040. The molecule has 1 saturated heterocycles. The van der Waals surface area contributed by atoms with E-state index in [9.17, 15) is 4.79 Å². The van der Waals surface area contributed by atoms with E-state index in [-0.39, 0.29) is 18.2 Å². The summed E-state index contributed by atoms with van der Waals surface area (Å²) in [7, 11) is 0. The summed E-state index contributed by atoms with van der Waals surface area (Å²) in [6.07, 6.45) is 6.64. The van der Waals surface area contributed by atoms with E-state index < -0.39 is 5.60 Å². The lowest BCUT2D eigenvalue weighted by Crippen LogP contribution is -2.44. The van der Waals surface area contributed by atoms with Gasteiger partial charge >= 0.3 is 6.09 Å². The lowest BCUT2D eigenvalue weighted by molar-refractivity contribution is 0.0210. The Labute approximate surface area is 181 Å². The maximum Gasteiger partial charge on any atom is 0.410 e. The van der Waals surface area contributed by atoms with Gasteiger partial charge in [0.25, 0.3) is 0 Å². The second kappa shape index (κ2) is 8.16. The molecule has 1 aliphatic heterocycles. The van der Waals surface area contributed by atoms with Crippen molar-refractivity contribution >= 4 is 23.1 Å². The maximum atomic E-state index is 12.3. The van der Waals surface area contributed by atoms with Crippen LogP contribution in [-0.4, -0.2) is 65.4 Å². The van der Waals surface area contributed by atoms with Crippen molar-refractivity contribution in [2.24, 2.45) is 0 Å². The van der Waals surface area contributed by atoms with E-state index in [1.807, 2.05) is 25.3 Å². The van der Waals surface area contributed by atoms with Gasteiger partial charge in [0.1, 0.15) is 11.1 Å². The average molecular weight is 427 g/mol. The minimum atomic E-state index is -0.489. The van der Waals surface area contributed by atoms with Crippen molar-refractivity contribution < 1.29 is 9.53 Å². The summed E-state index contributed by atoms with van der Waals surface area (Å²) < 4.78 is 7.53. The van der Waals surface area contributed by atoms with E-state index in [1.165, 1.54) is 0 Å². The molecule has 0 aliphatic carbocycles. The first-order valence-electron chi connectivity index (χ1n) is 10.7. The molecule has 3 aromatic heterocycles. The SMILES string of the molecule is CC(C)n1cnc2c(NC3CCN(C(=O)OC(C)(C)C)CC3)nc(-c3cn[nH]c3)nc21. The molecule has 3 aromatic rings. The zero-order valence-corrected chi connectivity index (χ0v) is 18.7. The summed E-state index contributed by atoms with van der Waals surface area (Å²) in [5, 5.41) is 10.4. The third-order valence-electron chi connectivity index (χ3n) is 5.22. The van der Waals surface area contributed by atoms with Crippen LogP contribution in [-0.2, 0) is 4.74 Å². The summed E-state index contributed by atoms with van der Waals surface area (Å²) in [5.41, 5.74) is 1.86. The zero-order valence-electron chi connectivity index (χ0n) is 18.7. The molecular weight excluding hydrogens is 396 g/mol. The summed E-state index contributed by atoms with van der Waals surface area (Å²) in [6.45, 7) is 11.1. The fourth-order valence-electron chi connectivity index (χ4n) is 3.62. The largest absolute Gasteiger partial charge is 0.444 e. The van der Waals surface area contributed by atoms with Crippen molar-refractivity contribution in [1.82, 2.24) is 34.6 Å². The van der Waals surface area contributed by atoms with Crippen LogP contribution in [0.4, 0.5) is 10.6 Å². The quantitative estimate of drug-likeness (QED) is 0.655. The molecule has 1 fully saturated rings. The molecular formula is C21H30N8O2. The monoisotopic (exact) mass is 426 g/mol. The molecule has 10 nitrogen and oxygen atoms in total. The van der Waals surface area contributed by atoms with Crippen molar-refractivity contribution in [2.75, 3.05) is 18.4 Å². The van der Waals surface area contributed by atoms with E-state index in [2.05, 4.69) is 34.3 Å². The van der Waals surface area contributed by atoms with Gasteiger partial charge in [-0.15, -0.1) is 0 Å². The van der Waals surface area contributed by atoms with E-state index in [0.29, 0.717) is 24.7 Å². The standard InChI is InChI=1S/C21H30N8O2/c1-13(2)29-12-22-16-18(26-17(27-19(16)29)14-10-23-24-11-14)25-15-6-8-28(9-7-15)20(30)31-21(3,4)5/h10-13,15H,6-9H2,1-5H3,(H,23,24)(H,25,26,27). The predicted molar refractivity (Wildman–Crippen MR) is 118 cm³/mol. The van der Waals surface area contributed by atoms with Crippen molar-refractivity contribution in [1.29, 1.82) is 0 Å². The summed E-state index contributed by atoms with van der Waals surface area (Å²) in [6, 6.07) is 0.403. The molecule has 0 saturated carbocycles. The van der Waals surface area contributed by atoms with Gasteiger partial charge in [-0.25, -0.2) is 19.7 Å². The number of aromatic amines is 1. The van der Waals surface area contributed by atoms with Crippen molar-refractivity contribution in [3.05, 3.63) is 18.7 Å². The van der Waals surface area contributed by atoms with E-state index in [4.69, 9.17) is 14.7 Å². The normalized spacial score (nSPS) is 15.6. The number of nitrogens with one attached hydrogen (secondary N) is 2. The number of rotatable bonds is 4. The molecule has 0 bridgehead atoms. The first-order valence-corrected chi connectivity index (χ1v) is 10.7. The highest BCUT2D eigenvalue weighted by Crippen LogP contribution is 2.27. The molecule has 0 atom stereocenters. The number of ether oxygens (including phenoxy) is 1. The van der Waals surface area contributed by atoms with Gasteiger partial charge in [0.2, 0.25) is 0 Å². The molecule has 31 heavy (non-hydrogen) atoms. The van der Waals surface area contributed by atoms with Crippen molar-refractivity contribution in [3.63, 3.8) is 0 Å². The third kappa shape index (κ3) is 4.62. The van der Waals surface area contributed by atoms with Crippen LogP contribution >= 0.6 is 0 Å². The van der Waals surface area contributed by atoms with Crippen LogP contribution in [0.25, 0.3) is 22.6 Å². The predicted octanol–water partition coefficient (Wildman–Crippen LogP) is 3.61. The maximum absolute atomic E-state index is 12.3. The summed E-state index contributed by atoms with van der Waals surface area (Å²) in [4.78, 5) is 28.2. The van der Waals surface area contributed by atoms with Crippen LogP contribution in [0, 0.1) is 0 Å². The number of aromatic nitrogens is 6. The van der Waals surface area contributed by atoms with Crippen LogP contribution in [0.15, 0.2) is 18.7 Å². The number of carbonyl (C=O) groups excluding carboxylic acids is 1. The zero-order chi connectivity index (χ0) is 22.2. The number of anilines is 1. The number of imidazole rings is 1. The molecule has 0 unspecified atom stereocenters. The van der Waals surface area contributed by atoms with Gasteiger partial charge in [0.15, 0.2) is 17.3 Å². The van der Waals surface area contributed by atoms with Crippen LogP contribution in [0.3, 0.4) is 0 Å². The molecule has 10 heteroatoms. The second-order valence-electron chi connectivity index (χ2n) is 9.19. The smallest absolute Gasteiger partial charge is 0.410 e. The van der Waals surface area contributed by atoms with E-state index in [0.717, 1.165) is 29.6 Å². The summed E-state index contributed by atoms with van der Waals surface area (Å²) >= 11 is 0. The Balaban J connectivity index is 1.54. The number of piperidine rings is 1. The van der Waals surface area contributed by atoms with Gasteiger partial charge in [0, 0.05) is 31.4 Å². The fraction of sp³-hybridized carbons (Fsp3) is 0.571. The molecule has 4 rings (SSSR count). The Kier molecular flexibility index (Phi) is 5.55. The number of hydrogen-bond acceptors (Lipinski definition) is 7. The Morgan fingerprint density at radius 1 is 1.26 bits per heavy atom. The summed E-state index contributed by atoms with van der Waals surface area (Å²) in [5.74, 6) is 1.30. The molecule has 1 aliphatic rings. The molecule has 0 radical (unpaired) electrons. The minimum absolute atomic E-state index is 0.179. The lowest BCUT2D eigenvalue weighted by Gasteiger charge is -2.33. The highest BCUT2D eigenvalue weighted by molar-refractivity contribution is 5.85.